The van der Waals surface area contributed by atoms with Crippen molar-refractivity contribution in [3.8, 4) is 0 Å². The van der Waals surface area contributed by atoms with Crippen molar-refractivity contribution >= 4 is 39.4 Å². The molecule has 0 radical (unpaired) electrons. The fourth-order valence-electron chi connectivity index (χ4n) is 3.53. The summed E-state index contributed by atoms with van der Waals surface area (Å²) in [5.74, 6) is -1.58. The summed E-state index contributed by atoms with van der Waals surface area (Å²) in [4.78, 5) is 38.8. The Labute approximate surface area is 184 Å². The van der Waals surface area contributed by atoms with Gasteiger partial charge < -0.3 is 15.0 Å². The number of likely N-dealkylation sites (tertiary alicyclic amines) is 1. The van der Waals surface area contributed by atoms with E-state index in [1.165, 1.54) is 0 Å². The predicted molar refractivity (Wildman–Crippen MR) is 118 cm³/mol. The SMILES string of the molecule is Cc1cc(NC(=O)COC(=O)[C@H]2CC(=O)N([C@H](C)c3ccccc3)C2)c(C)cc1Br. The molecule has 1 N–H and O–H groups in total. The Morgan fingerprint density at radius 3 is 2.60 bits per heavy atom. The number of halogens is 1. The van der Waals surface area contributed by atoms with E-state index in [-0.39, 0.29) is 25.0 Å². The van der Waals surface area contributed by atoms with Gasteiger partial charge in [-0.3, -0.25) is 14.4 Å². The van der Waals surface area contributed by atoms with E-state index in [1.807, 2.05) is 63.2 Å². The number of ether oxygens (including phenoxy) is 1. The standard InChI is InChI=1S/C23H25BrN2O4/c1-14-10-20(15(2)9-19(14)24)25-21(27)13-30-23(29)18-11-22(28)26(12-18)16(3)17-7-5-4-6-8-17/h4-10,16,18H,11-13H2,1-3H3,(H,25,27)/t16-,18+/m1/s1. The molecule has 30 heavy (non-hydrogen) atoms. The van der Waals surface area contributed by atoms with Gasteiger partial charge in [0.2, 0.25) is 5.91 Å². The topological polar surface area (TPSA) is 75.7 Å². The van der Waals surface area contributed by atoms with Crippen molar-refractivity contribution in [1.29, 1.82) is 0 Å². The molecule has 3 rings (SSSR count). The average molecular weight is 473 g/mol. The molecule has 158 valence electrons. The van der Waals surface area contributed by atoms with Gasteiger partial charge in [-0.05, 0) is 49.6 Å². The molecule has 1 saturated heterocycles. The van der Waals surface area contributed by atoms with Gasteiger partial charge in [-0.25, -0.2) is 0 Å². The van der Waals surface area contributed by atoms with Gasteiger partial charge in [0.1, 0.15) is 0 Å². The molecule has 1 heterocycles. The van der Waals surface area contributed by atoms with Gasteiger partial charge >= 0.3 is 5.97 Å². The lowest BCUT2D eigenvalue weighted by Crippen LogP contribution is -2.30. The lowest BCUT2D eigenvalue weighted by atomic mass is 10.1. The van der Waals surface area contributed by atoms with Gasteiger partial charge in [0, 0.05) is 23.1 Å². The van der Waals surface area contributed by atoms with Crippen molar-refractivity contribution < 1.29 is 19.1 Å². The van der Waals surface area contributed by atoms with E-state index < -0.39 is 17.8 Å². The zero-order valence-corrected chi connectivity index (χ0v) is 18.9. The van der Waals surface area contributed by atoms with Crippen LogP contribution in [-0.4, -0.2) is 35.8 Å². The number of esters is 1. The van der Waals surface area contributed by atoms with Gasteiger partial charge in [-0.2, -0.15) is 0 Å². The number of nitrogens with one attached hydrogen (secondary N) is 1. The number of carbonyl (C=O) groups is 3. The Morgan fingerprint density at radius 2 is 1.90 bits per heavy atom. The molecular formula is C23H25BrN2O4. The average Bonchev–Trinajstić information content (AvgIpc) is 3.12. The van der Waals surface area contributed by atoms with Crippen molar-refractivity contribution in [3.05, 3.63) is 63.6 Å². The molecule has 0 spiro atoms. The normalized spacial score (nSPS) is 17.0. The van der Waals surface area contributed by atoms with Crippen LogP contribution in [0.2, 0.25) is 0 Å². The Hall–Kier alpha value is -2.67. The van der Waals surface area contributed by atoms with E-state index in [4.69, 9.17) is 4.74 Å². The third kappa shape index (κ3) is 5.08. The monoisotopic (exact) mass is 472 g/mol. The third-order valence-electron chi connectivity index (χ3n) is 5.37. The van der Waals surface area contributed by atoms with Crippen LogP contribution in [0, 0.1) is 19.8 Å². The number of benzene rings is 2. The summed E-state index contributed by atoms with van der Waals surface area (Å²) in [5, 5.41) is 2.77. The molecule has 1 fully saturated rings. The first kappa shape index (κ1) is 22.0. The molecule has 0 saturated carbocycles. The van der Waals surface area contributed by atoms with Gasteiger partial charge in [0.25, 0.3) is 5.91 Å². The molecule has 2 amide bonds. The van der Waals surface area contributed by atoms with Gasteiger partial charge in [-0.15, -0.1) is 0 Å². The van der Waals surface area contributed by atoms with E-state index in [2.05, 4.69) is 21.2 Å². The van der Waals surface area contributed by atoms with E-state index in [0.717, 1.165) is 21.2 Å². The molecule has 0 aliphatic carbocycles. The van der Waals surface area contributed by atoms with Gasteiger partial charge in [0.05, 0.1) is 12.0 Å². The number of rotatable bonds is 6. The second-order valence-electron chi connectivity index (χ2n) is 7.61. The number of anilines is 1. The van der Waals surface area contributed by atoms with Gasteiger partial charge in [-0.1, -0.05) is 46.3 Å². The van der Waals surface area contributed by atoms with Crippen LogP contribution in [0.25, 0.3) is 0 Å². The smallest absolute Gasteiger partial charge is 0.311 e. The van der Waals surface area contributed by atoms with E-state index in [0.29, 0.717) is 12.2 Å². The second kappa shape index (κ2) is 9.43. The summed E-state index contributed by atoms with van der Waals surface area (Å²) in [6.07, 6.45) is 0.0998. The van der Waals surface area contributed by atoms with Crippen LogP contribution in [-0.2, 0) is 19.1 Å². The molecule has 7 heteroatoms. The fourth-order valence-corrected chi connectivity index (χ4v) is 3.99. The highest BCUT2D eigenvalue weighted by atomic mass is 79.9. The Balaban J connectivity index is 1.53. The Morgan fingerprint density at radius 1 is 1.20 bits per heavy atom. The molecule has 1 aliphatic heterocycles. The highest BCUT2D eigenvalue weighted by Gasteiger charge is 2.38. The van der Waals surface area contributed by atoms with Crippen LogP contribution in [0.5, 0.6) is 0 Å². The van der Waals surface area contributed by atoms with E-state index in [1.54, 1.807) is 4.90 Å². The molecule has 1 aliphatic rings. The van der Waals surface area contributed by atoms with Crippen molar-refractivity contribution in [2.75, 3.05) is 18.5 Å². The maximum Gasteiger partial charge on any atom is 0.311 e. The van der Waals surface area contributed by atoms with Crippen LogP contribution in [0.4, 0.5) is 5.69 Å². The van der Waals surface area contributed by atoms with Crippen LogP contribution >= 0.6 is 15.9 Å². The highest BCUT2D eigenvalue weighted by Crippen LogP contribution is 2.29. The molecule has 0 aromatic heterocycles. The minimum Gasteiger partial charge on any atom is -0.455 e. The molecule has 2 aromatic carbocycles. The number of hydrogen-bond donors (Lipinski definition) is 1. The van der Waals surface area contributed by atoms with Gasteiger partial charge in [0.15, 0.2) is 6.61 Å². The van der Waals surface area contributed by atoms with Crippen molar-refractivity contribution in [1.82, 2.24) is 4.90 Å². The largest absolute Gasteiger partial charge is 0.455 e. The number of hydrogen-bond acceptors (Lipinski definition) is 4. The summed E-state index contributed by atoms with van der Waals surface area (Å²) in [6, 6.07) is 13.3. The maximum absolute atomic E-state index is 12.4. The van der Waals surface area contributed by atoms with E-state index >= 15 is 0 Å². The number of aryl methyl sites for hydroxylation is 2. The number of carbonyl (C=O) groups excluding carboxylic acids is 3. The highest BCUT2D eigenvalue weighted by molar-refractivity contribution is 9.10. The summed E-state index contributed by atoms with van der Waals surface area (Å²) >= 11 is 3.45. The van der Waals surface area contributed by atoms with E-state index in [9.17, 15) is 14.4 Å². The van der Waals surface area contributed by atoms with Crippen molar-refractivity contribution in [2.24, 2.45) is 5.92 Å². The minimum atomic E-state index is -0.562. The second-order valence-corrected chi connectivity index (χ2v) is 8.46. The summed E-state index contributed by atoms with van der Waals surface area (Å²) in [5.41, 5.74) is 3.58. The number of amides is 2. The summed E-state index contributed by atoms with van der Waals surface area (Å²) in [6.45, 7) is 5.67. The van der Waals surface area contributed by atoms with Crippen molar-refractivity contribution in [3.63, 3.8) is 0 Å². The first-order valence-corrected chi connectivity index (χ1v) is 10.6. The maximum atomic E-state index is 12.4. The van der Waals surface area contributed by atoms with Crippen molar-refractivity contribution in [2.45, 2.75) is 33.2 Å². The minimum absolute atomic E-state index is 0.0845. The lowest BCUT2D eigenvalue weighted by Gasteiger charge is -2.25. The predicted octanol–water partition coefficient (Wildman–Crippen LogP) is 4.16. The van der Waals surface area contributed by atoms with Crippen LogP contribution in [0.15, 0.2) is 46.9 Å². The first-order valence-electron chi connectivity index (χ1n) is 9.84. The molecule has 0 unspecified atom stereocenters. The molecular weight excluding hydrogens is 448 g/mol. The third-order valence-corrected chi connectivity index (χ3v) is 6.22. The Kier molecular flexibility index (Phi) is 6.92. The van der Waals surface area contributed by atoms with Crippen LogP contribution < -0.4 is 5.32 Å². The number of nitrogens with zero attached hydrogens (tertiary/aromatic N) is 1. The molecule has 6 nitrogen and oxygen atoms in total. The zero-order chi connectivity index (χ0) is 21.8. The molecule has 0 bridgehead atoms. The molecule has 2 atom stereocenters. The fraction of sp³-hybridized carbons (Fsp3) is 0.348. The Bertz CT molecular complexity index is 961. The quantitative estimate of drug-likeness (QED) is 0.640. The lowest BCUT2D eigenvalue weighted by molar-refractivity contribution is -0.151. The first-order chi connectivity index (χ1) is 14.3. The van der Waals surface area contributed by atoms with Crippen LogP contribution in [0.1, 0.15) is 36.1 Å². The zero-order valence-electron chi connectivity index (χ0n) is 17.3. The summed E-state index contributed by atoms with van der Waals surface area (Å²) < 4.78 is 6.16. The van der Waals surface area contributed by atoms with Crippen LogP contribution in [0.3, 0.4) is 0 Å². The summed E-state index contributed by atoms with van der Waals surface area (Å²) in [7, 11) is 0. The molecule has 2 aromatic rings.